The zero-order valence-electron chi connectivity index (χ0n) is 12.9. The molecule has 0 aromatic carbocycles. The lowest BCUT2D eigenvalue weighted by Gasteiger charge is -2.33. The third kappa shape index (κ3) is 6.23. The summed E-state index contributed by atoms with van der Waals surface area (Å²) in [6, 6.07) is -1.31. The van der Waals surface area contributed by atoms with Crippen molar-refractivity contribution in [1.29, 1.82) is 0 Å². The number of aliphatic hydroxyl groups is 1. The number of aliphatic hydroxyl groups excluding tert-OH is 1. The van der Waals surface area contributed by atoms with Crippen LogP contribution in [-0.2, 0) is 4.79 Å². The summed E-state index contributed by atoms with van der Waals surface area (Å²) in [7, 11) is 0. The van der Waals surface area contributed by atoms with E-state index in [1.807, 2.05) is 27.7 Å². The van der Waals surface area contributed by atoms with E-state index in [0.717, 1.165) is 12.8 Å². The molecule has 0 aliphatic carbocycles. The Balaban J connectivity index is 4.88. The van der Waals surface area contributed by atoms with Gasteiger partial charge >= 0.3 is 12.0 Å². The molecule has 0 aromatic rings. The number of carboxylic acid groups (broad SMARTS) is 1. The largest absolute Gasteiger partial charge is 0.480 e. The number of hydrogen-bond acceptors (Lipinski definition) is 3. The van der Waals surface area contributed by atoms with Crippen LogP contribution < -0.4 is 5.32 Å². The van der Waals surface area contributed by atoms with Crippen LogP contribution in [0.5, 0.6) is 0 Å². The molecule has 0 aliphatic rings. The number of hydrogen-bond donors (Lipinski definition) is 3. The Bertz CT molecular complexity index is 304. The van der Waals surface area contributed by atoms with Crippen molar-refractivity contribution in [3.05, 3.63) is 0 Å². The van der Waals surface area contributed by atoms with E-state index in [1.54, 1.807) is 4.90 Å². The van der Waals surface area contributed by atoms with Crippen molar-refractivity contribution in [2.75, 3.05) is 13.2 Å². The number of rotatable bonds is 9. The van der Waals surface area contributed by atoms with Crippen LogP contribution in [0.2, 0.25) is 0 Å². The number of nitrogens with one attached hydrogen (secondary N) is 1. The number of aliphatic carboxylic acids is 1. The van der Waals surface area contributed by atoms with Gasteiger partial charge in [-0.15, -0.1) is 0 Å². The van der Waals surface area contributed by atoms with Crippen molar-refractivity contribution in [2.24, 2.45) is 5.92 Å². The summed E-state index contributed by atoms with van der Waals surface area (Å²) in [5.74, 6) is -0.816. The summed E-state index contributed by atoms with van der Waals surface area (Å²) in [5, 5.41) is 20.4. The SMILES string of the molecule is CCC(CC)N(CC(C)C)C(=O)N[C@@H](CCO)C(=O)O. The molecule has 3 N–H and O–H groups in total. The fourth-order valence-corrected chi connectivity index (χ4v) is 2.14. The van der Waals surface area contributed by atoms with Crippen LogP contribution in [0.1, 0.15) is 47.0 Å². The maximum absolute atomic E-state index is 12.3. The van der Waals surface area contributed by atoms with Crippen LogP contribution in [0.15, 0.2) is 0 Å². The van der Waals surface area contributed by atoms with Crippen LogP contribution in [0, 0.1) is 5.92 Å². The highest BCUT2D eigenvalue weighted by molar-refractivity contribution is 5.82. The highest BCUT2D eigenvalue weighted by atomic mass is 16.4. The summed E-state index contributed by atoms with van der Waals surface area (Å²) in [6.45, 7) is 8.38. The molecule has 0 heterocycles. The van der Waals surface area contributed by atoms with E-state index in [2.05, 4.69) is 5.32 Å². The second-order valence-corrected chi connectivity index (χ2v) is 5.37. The van der Waals surface area contributed by atoms with E-state index in [1.165, 1.54) is 0 Å². The molecule has 0 unspecified atom stereocenters. The Hall–Kier alpha value is -1.30. The first kappa shape index (κ1) is 18.7. The van der Waals surface area contributed by atoms with Gasteiger partial charge in [0.25, 0.3) is 0 Å². The average Bonchev–Trinajstić information content (AvgIpc) is 2.37. The highest BCUT2D eigenvalue weighted by Crippen LogP contribution is 2.12. The minimum absolute atomic E-state index is 0.0134. The predicted molar refractivity (Wildman–Crippen MR) is 77.6 cm³/mol. The van der Waals surface area contributed by atoms with Crippen LogP contribution in [0.4, 0.5) is 4.79 Å². The van der Waals surface area contributed by atoms with Gasteiger partial charge in [0, 0.05) is 25.6 Å². The number of nitrogens with zero attached hydrogens (tertiary/aromatic N) is 1. The number of carbonyl (C=O) groups excluding carboxylic acids is 1. The molecule has 1 atom stereocenters. The third-order valence-electron chi connectivity index (χ3n) is 3.22. The van der Waals surface area contributed by atoms with Crippen LogP contribution >= 0.6 is 0 Å². The van der Waals surface area contributed by atoms with Crippen molar-refractivity contribution in [1.82, 2.24) is 10.2 Å². The van der Waals surface area contributed by atoms with E-state index >= 15 is 0 Å². The van der Waals surface area contributed by atoms with Crippen molar-refractivity contribution in [3.63, 3.8) is 0 Å². The van der Waals surface area contributed by atoms with Gasteiger partial charge in [0.05, 0.1) is 0 Å². The number of carboxylic acids is 1. The van der Waals surface area contributed by atoms with Gasteiger partial charge in [-0.05, 0) is 18.8 Å². The molecule has 118 valence electrons. The smallest absolute Gasteiger partial charge is 0.326 e. The van der Waals surface area contributed by atoms with Crippen molar-refractivity contribution in [2.45, 2.75) is 59.0 Å². The lowest BCUT2D eigenvalue weighted by Crippen LogP contribution is -2.52. The number of carbonyl (C=O) groups is 2. The number of urea groups is 1. The maximum atomic E-state index is 12.3. The number of amides is 2. The third-order valence-corrected chi connectivity index (χ3v) is 3.22. The van der Waals surface area contributed by atoms with Gasteiger partial charge < -0.3 is 20.4 Å². The molecule has 0 rings (SSSR count). The molecule has 2 amide bonds. The zero-order chi connectivity index (χ0) is 15.7. The van der Waals surface area contributed by atoms with Gasteiger partial charge in [0.1, 0.15) is 6.04 Å². The molecule has 0 bridgehead atoms. The van der Waals surface area contributed by atoms with Gasteiger partial charge in [-0.1, -0.05) is 27.7 Å². The fraction of sp³-hybridized carbons (Fsp3) is 0.857. The molecule has 0 aromatic heterocycles. The lowest BCUT2D eigenvalue weighted by molar-refractivity contribution is -0.139. The second-order valence-electron chi connectivity index (χ2n) is 5.37. The monoisotopic (exact) mass is 288 g/mol. The summed E-state index contributed by atoms with van der Waals surface area (Å²) < 4.78 is 0. The maximum Gasteiger partial charge on any atom is 0.326 e. The standard InChI is InChI=1S/C14H28N2O4/c1-5-11(6-2)16(9-10(3)4)14(20)15-12(7-8-17)13(18)19/h10-12,17H,5-9H2,1-4H3,(H,15,20)(H,18,19)/t12-/m0/s1. The Morgan fingerprint density at radius 3 is 2.10 bits per heavy atom. The lowest BCUT2D eigenvalue weighted by atomic mass is 10.1. The minimum atomic E-state index is -1.12. The van der Waals surface area contributed by atoms with Gasteiger partial charge in [-0.3, -0.25) is 0 Å². The normalized spacial score (nSPS) is 12.6. The molecular formula is C14H28N2O4. The van der Waals surface area contributed by atoms with Crippen LogP contribution in [-0.4, -0.2) is 52.3 Å². The summed E-state index contributed by atoms with van der Waals surface area (Å²) in [6.07, 6.45) is 1.67. The molecule has 20 heavy (non-hydrogen) atoms. The second kappa shape index (κ2) is 9.58. The van der Waals surface area contributed by atoms with E-state index < -0.39 is 12.0 Å². The first-order chi connectivity index (χ1) is 9.37. The Morgan fingerprint density at radius 1 is 1.20 bits per heavy atom. The Morgan fingerprint density at radius 2 is 1.75 bits per heavy atom. The van der Waals surface area contributed by atoms with Crippen molar-refractivity contribution in [3.8, 4) is 0 Å². The zero-order valence-corrected chi connectivity index (χ0v) is 12.9. The Kier molecular flexibility index (Phi) is 8.96. The van der Waals surface area contributed by atoms with Gasteiger partial charge in [-0.25, -0.2) is 9.59 Å². The Labute approximate surface area is 121 Å². The molecule has 0 fully saturated rings. The molecule has 0 aliphatic heterocycles. The molecule has 0 saturated heterocycles. The molecule has 0 spiro atoms. The predicted octanol–water partition coefficient (Wildman–Crippen LogP) is 1.68. The first-order valence-corrected chi connectivity index (χ1v) is 7.28. The quantitative estimate of drug-likeness (QED) is 0.602. The summed E-state index contributed by atoms with van der Waals surface area (Å²) in [4.78, 5) is 25.0. The molecule has 0 saturated carbocycles. The van der Waals surface area contributed by atoms with E-state index in [0.29, 0.717) is 12.5 Å². The first-order valence-electron chi connectivity index (χ1n) is 7.28. The molecular weight excluding hydrogens is 260 g/mol. The van der Waals surface area contributed by atoms with Crippen molar-refractivity contribution >= 4 is 12.0 Å². The average molecular weight is 288 g/mol. The highest BCUT2D eigenvalue weighted by Gasteiger charge is 2.26. The molecule has 6 heteroatoms. The fourth-order valence-electron chi connectivity index (χ4n) is 2.14. The van der Waals surface area contributed by atoms with Crippen LogP contribution in [0.25, 0.3) is 0 Å². The van der Waals surface area contributed by atoms with E-state index in [4.69, 9.17) is 10.2 Å². The van der Waals surface area contributed by atoms with Crippen molar-refractivity contribution < 1.29 is 19.8 Å². The minimum Gasteiger partial charge on any atom is -0.480 e. The van der Waals surface area contributed by atoms with E-state index in [9.17, 15) is 9.59 Å². The molecule has 0 radical (unpaired) electrons. The van der Waals surface area contributed by atoms with E-state index in [-0.39, 0.29) is 25.1 Å². The van der Waals surface area contributed by atoms with Crippen LogP contribution in [0.3, 0.4) is 0 Å². The topological polar surface area (TPSA) is 89.9 Å². The summed E-state index contributed by atoms with van der Waals surface area (Å²) in [5.41, 5.74) is 0. The summed E-state index contributed by atoms with van der Waals surface area (Å²) >= 11 is 0. The van der Waals surface area contributed by atoms with Gasteiger partial charge in [-0.2, -0.15) is 0 Å². The molecule has 6 nitrogen and oxygen atoms in total. The van der Waals surface area contributed by atoms with Gasteiger partial charge in [0.2, 0.25) is 0 Å². The van der Waals surface area contributed by atoms with Gasteiger partial charge in [0.15, 0.2) is 0 Å².